The molecule has 2 rings (SSSR count). The van der Waals surface area contributed by atoms with Crippen molar-refractivity contribution < 1.29 is 13.2 Å². The average Bonchev–Trinajstić information content (AvgIpc) is 2.67. The van der Waals surface area contributed by atoms with Gasteiger partial charge in [-0.1, -0.05) is 35.3 Å². The third-order valence-electron chi connectivity index (χ3n) is 3.90. The summed E-state index contributed by atoms with van der Waals surface area (Å²) in [5.74, 6) is 1.30. The van der Waals surface area contributed by atoms with Crippen molar-refractivity contribution in [1.82, 2.24) is 5.32 Å². The van der Waals surface area contributed by atoms with Crippen LogP contribution >= 0.6 is 35.0 Å². The third kappa shape index (κ3) is 7.26. The van der Waals surface area contributed by atoms with Crippen LogP contribution in [-0.2, 0) is 15.8 Å². The molecule has 5 nitrogen and oxygen atoms in total. The van der Waals surface area contributed by atoms with E-state index >= 15 is 0 Å². The lowest BCUT2D eigenvalue weighted by Crippen LogP contribution is -2.30. The van der Waals surface area contributed by atoms with Crippen LogP contribution in [0.15, 0.2) is 55.1 Å². The molecular weight excluding hydrogens is 451 g/mol. The Kier molecular flexibility index (Phi) is 8.89. The first-order valence-electron chi connectivity index (χ1n) is 8.71. The molecule has 0 aromatic heterocycles. The van der Waals surface area contributed by atoms with E-state index in [0.29, 0.717) is 27.8 Å². The van der Waals surface area contributed by atoms with Crippen LogP contribution < -0.4 is 9.62 Å². The highest BCUT2D eigenvalue weighted by Gasteiger charge is 2.16. The minimum atomic E-state index is -3.42. The maximum atomic E-state index is 12.3. The van der Waals surface area contributed by atoms with Crippen molar-refractivity contribution in [1.29, 1.82) is 0 Å². The summed E-state index contributed by atoms with van der Waals surface area (Å²) in [6, 6.07) is 12.0. The Balaban J connectivity index is 1.83. The number of carbonyl (C=O) groups is 1. The number of thioether (sulfide) groups is 1. The van der Waals surface area contributed by atoms with Gasteiger partial charge in [0.25, 0.3) is 5.91 Å². The van der Waals surface area contributed by atoms with Gasteiger partial charge in [0.1, 0.15) is 0 Å². The number of rotatable bonds is 10. The van der Waals surface area contributed by atoms with E-state index in [4.69, 9.17) is 23.2 Å². The van der Waals surface area contributed by atoms with Gasteiger partial charge in [-0.15, -0.1) is 6.58 Å². The first-order chi connectivity index (χ1) is 13.7. The van der Waals surface area contributed by atoms with Gasteiger partial charge in [-0.05, 0) is 42.0 Å². The van der Waals surface area contributed by atoms with Gasteiger partial charge in [0.05, 0.1) is 28.5 Å². The number of benzene rings is 2. The minimum Gasteiger partial charge on any atom is -0.351 e. The summed E-state index contributed by atoms with van der Waals surface area (Å²) in [4.78, 5) is 12.3. The molecule has 0 unspecified atom stereocenters. The summed E-state index contributed by atoms with van der Waals surface area (Å²) in [5, 5.41) is 3.92. The van der Waals surface area contributed by atoms with E-state index in [1.54, 1.807) is 42.1 Å². The number of nitrogens with zero attached hydrogens (tertiary/aromatic N) is 1. The highest BCUT2D eigenvalue weighted by atomic mass is 35.5. The number of amides is 1. The van der Waals surface area contributed by atoms with Gasteiger partial charge in [0.2, 0.25) is 10.0 Å². The number of carbonyl (C=O) groups excluding carboxylic acids is 1. The van der Waals surface area contributed by atoms with Crippen molar-refractivity contribution in [2.75, 3.05) is 29.4 Å². The summed E-state index contributed by atoms with van der Waals surface area (Å²) in [5.41, 5.74) is 2.03. The van der Waals surface area contributed by atoms with Crippen LogP contribution in [0, 0.1) is 0 Å². The van der Waals surface area contributed by atoms with Crippen LogP contribution in [0.4, 0.5) is 5.69 Å². The molecule has 2 aromatic rings. The van der Waals surface area contributed by atoms with Gasteiger partial charge in [0.15, 0.2) is 0 Å². The number of hydrogen-bond donors (Lipinski definition) is 1. The zero-order valence-electron chi connectivity index (χ0n) is 15.9. The molecule has 0 aliphatic rings. The van der Waals surface area contributed by atoms with E-state index in [1.165, 1.54) is 10.4 Å². The van der Waals surface area contributed by atoms with Crippen LogP contribution in [0.3, 0.4) is 0 Å². The summed E-state index contributed by atoms with van der Waals surface area (Å²) in [7, 11) is -3.42. The second-order valence-corrected chi connectivity index (χ2v) is 10.0. The van der Waals surface area contributed by atoms with Crippen LogP contribution in [0.25, 0.3) is 0 Å². The Hall–Kier alpha value is -1.67. The second-order valence-electron chi connectivity index (χ2n) is 6.19. The average molecular weight is 473 g/mol. The first-order valence-corrected chi connectivity index (χ1v) is 12.5. The summed E-state index contributed by atoms with van der Waals surface area (Å²) < 4.78 is 25.0. The van der Waals surface area contributed by atoms with Crippen molar-refractivity contribution in [2.24, 2.45) is 0 Å². The molecule has 1 N–H and O–H groups in total. The fourth-order valence-corrected chi connectivity index (χ4v) is 4.49. The number of halogens is 2. The molecule has 9 heteroatoms. The molecule has 1 amide bonds. The molecule has 0 aliphatic carbocycles. The molecule has 2 aromatic carbocycles. The summed E-state index contributed by atoms with van der Waals surface area (Å²) in [6.45, 7) is 4.26. The van der Waals surface area contributed by atoms with E-state index in [1.807, 2.05) is 12.1 Å². The van der Waals surface area contributed by atoms with Crippen LogP contribution in [-0.4, -0.2) is 39.4 Å². The molecule has 0 saturated heterocycles. The van der Waals surface area contributed by atoms with Crippen molar-refractivity contribution >= 4 is 56.6 Å². The highest BCUT2D eigenvalue weighted by molar-refractivity contribution is 7.98. The maximum absolute atomic E-state index is 12.3. The predicted molar refractivity (Wildman–Crippen MR) is 124 cm³/mol. The predicted octanol–water partition coefficient (Wildman–Crippen LogP) is 4.61. The second kappa shape index (κ2) is 10.9. The summed E-state index contributed by atoms with van der Waals surface area (Å²) in [6.07, 6.45) is 2.64. The number of anilines is 1. The molecule has 0 saturated carbocycles. The van der Waals surface area contributed by atoms with Crippen molar-refractivity contribution in [2.45, 2.75) is 5.75 Å². The molecule has 0 fully saturated rings. The maximum Gasteiger partial charge on any atom is 0.251 e. The van der Waals surface area contributed by atoms with Crippen molar-refractivity contribution in [3.63, 3.8) is 0 Å². The van der Waals surface area contributed by atoms with E-state index in [9.17, 15) is 13.2 Å². The fourth-order valence-electron chi connectivity index (χ4n) is 2.49. The molecule has 0 aliphatic heterocycles. The number of nitrogens with one attached hydrogen (secondary N) is 1. The van der Waals surface area contributed by atoms with E-state index in [2.05, 4.69) is 11.9 Å². The topological polar surface area (TPSA) is 66.5 Å². The molecular formula is C20H22Cl2N2O3S2. The molecule has 29 heavy (non-hydrogen) atoms. The Morgan fingerprint density at radius 1 is 1.17 bits per heavy atom. The van der Waals surface area contributed by atoms with E-state index in [-0.39, 0.29) is 12.5 Å². The highest BCUT2D eigenvalue weighted by Crippen LogP contribution is 2.24. The number of sulfonamides is 1. The van der Waals surface area contributed by atoms with Gasteiger partial charge >= 0.3 is 0 Å². The lowest BCUT2D eigenvalue weighted by molar-refractivity contribution is 0.0956. The first kappa shape index (κ1) is 23.6. The molecule has 0 radical (unpaired) electrons. The van der Waals surface area contributed by atoms with Crippen LogP contribution in [0.1, 0.15) is 15.9 Å². The monoisotopic (exact) mass is 472 g/mol. The zero-order valence-corrected chi connectivity index (χ0v) is 19.0. The van der Waals surface area contributed by atoms with E-state index in [0.717, 1.165) is 23.3 Å². The Labute approximate surface area is 186 Å². The van der Waals surface area contributed by atoms with Gasteiger partial charge in [-0.25, -0.2) is 8.42 Å². The Bertz CT molecular complexity index is 964. The SMILES string of the molecule is C=CCN(c1ccc(C(=O)NCCSCc2ccc(Cl)c(Cl)c2)cc1)S(C)(=O)=O. The van der Waals surface area contributed by atoms with Gasteiger partial charge < -0.3 is 5.32 Å². The zero-order chi connectivity index (χ0) is 21.4. The van der Waals surface area contributed by atoms with E-state index < -0.39 is 10.0 Å². The fraction of sp³-hybridized carbons (Fsp3) is 0.250. The van der Waals surface area contributed by atoms with Gasteiger partial charge in [-0.2, -0.15) is 11.8 Å². The van der Waals surface area contributed by atoms with Gasteiger partial charge in [0, 0.05) is 23.6 Å². The largest absolute Gasteiger partial charge is 0.351 e. The Morgan fingerprint density at radius 2 is 1.86 bits per heavy atom. The standard InChI is InChI=1S/C20H22Cl2N2O3S2/c1-3-11-24(29(2,26)27)17-7-5-16(6-8-17)20(25)23-10-12-28-14-15-4-9-18(21)19(22)13-15/h3-9,13H,1,10-12,14H2,2H3,(H,23,25). The molecule has 0 bridgehead atoms. The quantitative estimate of drug-likeness (QED) is 0.404. The molecule has 0 atom stereocenters. The van der Waals surface area contributed by atoms with Crippen molar-refractivity contribution in [3.8, 4) is 0 Å². The summed E-state index contributed by atoms with van der Waals surface area (Å²) >= 11 is 13.6. The smallest absolute Gasteiger partial charge is 0.251 e. The number of hydrogen-bond acceptors (Lipinski definition) is 4. The Morgan fingerprint density at radius 3 is 2.45 bits per heavy atom. The lowest BCUT2D eigenvalue weighted by atomic mass is 10.2. The molecule has 0 heterocycles. The van der Waals surface area contributed by atoms with Crippen LogP contribution in [0.5, 0.6) is 0 Å². The normalized spacial score (nSPS) is 11.1. The van der Waals surface area contributed by atoms with Crippen molar-refractivity contribution in [3.05, 3.63) is 76.3 Å². The van der Waals surface area contributed by atoms with Crippen LogP contribution in [0.2, 0.25) is 10.0 Å². The minimum absolute atomic E-state index is 0.167. The molecule has 0 spiro atoms. The lowest BCUT2D eigenvalue weighted by Gasteiger charge is -2.20. The molecule has 156 valence electrons. The third-order valence-corrected chi connectivity index (χ3v) is 6.83. The van der Waals surface area contributed by atoms with Gasteiger partial charge in [-0.3, -0.25) is 9.10 Å².